The van der Waals surface area contributed by atoms with Gasteiger partial charge in [-0.1, -0.05) is 29.8 Å². The highest BCUT2D eigenvalue weighted by Crippen LogP contribution is 2.20. The highest BCUT2D eigenvalue weighted by molar-refractivity contribution is 7.88. The normalized spacial score (nSPS) is 15.6. The molecule has 0 saturated carbocycles. The minimum atomic E-state index is -3.31. The number of nitrogens with one attached hydrogen (secondary N) is 1. The van der Waals surface area contributed by atoms with Crippen LogP contribution in [0.2, 0.25) is 0 Å². The number of hydrogen-bond acceptors (Lipinski definition) is 5. The molecule has 152 valence electrons. The van der Waals surface area contributed by atoms with E-state index in [1.165, 1.54) is 5.69 Å². The fourth-order valence-electron chi connectivity index (χ4n) is 3.45. The molecule has 0 aromatic heterocycles. The molecule has 0 bridgehead atoms. The van der Waals surface area contributed by atoms with Crippen LogP contribution >= 0.6 is 0 Å². The van der Waals surface area contributed by atoms with Crippen molar-refractivity contribution in [3.05, 3.63) is 59.7 Å². The van der Waals surface area contributed by atoms with Crippen molar-refractivity contribution in [2.24, 2.45) is 0 Å². The average Bonchev–Trinajstić information content (AvgIpc) is 2.68. The quantitative estimate of drug-likeness (QED) is 0.733. The van der Waals surface area contributed by atoms with E-state index >= 15 is 0 Å². The SMILES string of the molecule is COc1ccc(N2CCN(CCNS(=O)(=O)Cc3cccc(C)c3)CC2)cc1. The van der Waals surface area contributed by atoms with Gasteiger partial charge >= 0.3 is 0 Å². The molecular formula is C21H29N3O3S. The first-order valence-electron chi connectivity index (χ1n) is 9.59. The van der Waals surface area contributed by atoms with Crippen molar-refractivity contribution >= 4 is 15.7 Å². The first kappa shape index (κ1) is 20.6. The molecule has 7 heteroatoms. The van der Waals surface area contributed by atoms with Crippen molar-refractivity contribution in [2.75, 3.05) is 51.3 Å². The van der Waals surface area contributed by atoms with E-state index in [2.05, 4.69) is 26.7 Å². The van der Waals surface area contributed by atoms with Gasteiger partial charge in [0, 0.05) is 45.0 Å². The molecule has 0 spiro atoms. The van der Waals surface area contributed by atoms with E-state index in [1.807, 2.05) is 43.3 Å². The van der Waals surface area contributed by atoms with Gasteiger partial charge in [0.15, 0.2) is 0 Å². The van der Waals surface area contributed by atoms with Crippen LogP contribution in [0.4, 0.5) is 5.69 Å². The summed E-state index contributed by atoms with van der Waals surface area (Å²) < 4.78 is 32.5. The molecule has 1 N–H and O–H groups in total. The molecule has 2 aromatic carbocycles. The summed E-state index contributed by atoms with van der Waals surface area (Å²) in [7, 11) is -1.64. The van der Waals surface area contributed by atoms with E-state index in [1.54, 1.807) is 7.11 Å². The molecule has 1 heterocycles. The fraction of sp³-hybridized carbons (Fsp3) is 0.429. The Hall–Kier alpha value is -2.09. The highest BCUT2D eigenvalue weighted by Gasteiger charge is 2.18. The van der Waals surface area contributed by atoms with Crippen LogP contribution in [0, 0.1) is 6.92 Å². The highest BCUT2D eigenvalue weighted by atomic mass is 32.2. The van der Waals surface area contributed by atoms with Crippen molar-refractivity contribution in [2.45, 2.75) is 12.7 Å². The Morgan fingerprint density at radius 2 is 1.75 bits per heavy atom. The van der Waals surface area contributed by atoms with Crippen molar-refractivity contribution in [1.82, 2.24) is 9.62 Å². The molecule has 0 aliphatic carbocycles. The third-order valence-corrected chi connectivity index (χ3v) is 6.36. The van der Waals surface area contributed by atoms with E-state index in [9.17, 15) is 8.42 Å². The lowest BCUT2D eigenvalue weighted by Crippen LogP contribution is -2.48. The van der Waals surface area contributed by atoms with Crippen LogP contribution < -0.4 is 14.4 Å². The molecule has 1 aliphatic heterocycles. The largest absolute Gasteiger partial charge is 0.497 e. The van der Waals surface area contributed by atoms with Gasteiger partial charge in [0.05, 0.1) is 12.9 Å². The summed E-state index contributed by atoms with van der Waals surface area (Å²) in [6.07, 6.45) is 0. The second kappa shape index (κ2) is 9.41. The van der Waals surface area contributed by atoms with Gasteiger partial charge in [-0.15, -0.1) is 0 Å². The van der Waals surface area contributed by atoms with Crippen LogP contribution in [0.25, 0.3) is 0 Å². The third kappa shape index (κ3) is 5.95. The number of methoxy groups -OCH3 is 1. The predicted molar refractivity (Wildman–Crippen MR) is 113 cm³/mol. The van der Waals surface area contributed by atoms with Crippen LogP contribution in [0.1, 0.15) is 11.1 Å². The number of benzene rings is 2. The predicted octanol–water partition coefficient (Wildman–Crippen LogP) is 2.25. The Bertz CT molecular complexity index is 861. The van der Waals surface area contributed by atoms with E-state index in [0.29, 0.717) is 6.54 Å². The van der Waals surface area contributed by atoms with E-state index in [4.69, 9.17) is 4.74 Å². The molecule has 3 rings (SSSR count). The monoisotopic (exact) mass is 403 g/mol. The minimum Gasteiger partial charge on any atom is -0.497 e. The van der Waals surface area contributed by atoms with Gasteiger partial charge in [0.2, 0.25) is 10.0 Å². The van der Waals surface area contributed by atoms with Gasteiger partial charge < -0.3 is 9.64 Å². The molecule has 1 fully saturated rings. The molecule has 1 saturated heterocycles. The number of anilines is 1. The Balaban J connectivity index is 1.41. The zero-order valence-corrected chi connectivity index (χ0v) is 17.4. The standard InChI is InChI=1S/C21H29N3O3S/c1-18-4-3-5-19(16-18)17-28(25,26)22-10-11-23-12-14-24(15-13-23)20-6-8-21(27-2)9-7-20/h3-9,16,22H,10-15,17H2,1-2H3. The number of ether oxygens (including phenoxy) is 1. The summed E-state index contributed by atoms with van der Waals surface area (Å²) in [5.41, 5.74) is 3.09. The minimum absolute atomic E-state index is 0.0277. The lowest BCUT2D eigenvalue weighted by molar-refractivity contribution is 0.262. The smallest absolute Gasteiger partial charge is 0.215 e. The van der Waals surface area contributed by atoms with Crippen molar-refractivity contribution in [1.29, 1.82) is 0 Å². The van der Waals surface area contributed by atoms with Crippen LogP contribution in [0.15, 0.2) is 48.5 Å². The maximum Gasteiger partial charge on any atom is 0.215 e. The summed E-state index contributed by atoms with van der Waals surface area (Å²) in [6, 6.07) is 15.7. The average molecular weight is 404 g/mol. The van der Waals surface area contributed by atoms with Crippen LogP contribution in [-0.4, -0.2) is 59.7 Å². The van der Waals surface area contributed by atoms with Crippen LogP contribution in [0.3, 0.4) is 0 Å². The number of piperazine rings is 1. The number of sulfonamides is 1. The first-order chi connectivity index (χ1) is 13.4. The fourth-order valence-corrected chi connectivity index (χ4v) is 4.58. The molecular weight excluding hydrogens is 374 g/mol. The first-order valence-corrected chi connectivity index (χ1v) is 11.2. The molecule has 0 radical (unpaired) electrons. The summed E-state index contributed by atoms with van der Waals surface area (Å²) in [6.45, 7) is 6.84. The third-order valence-electron chi connectivity index (χ3n) is 5.00. The lowest BCUT2D eigenvalue weighted by atomic mass is 10.2. The number of nitrogens with zero attached hydrogens (tertiary/aromatic N) is 2. The maximum absolute atomic E-state index is 12.3. The van der Waals surface area contributed by atoms with Gasteiger partial charge in [0.1, 0.15) is 5.75 Å². The molecule has 28 heavy (non-hydrogen) atoms. The zero-order chi connectivity index (χ0) is 20.0. The van der Waals surface area contributed by atoms with Gasteiger partial charge in [-0.2, -0.15) is 0 Å². The number of hydrogen-bond donors (Lipinski definition) is 1. The van der Waals surface area contributed by atoms with Crippen molar-refractivity contribution < 1.29 is 13.2 Å². The van der Waals surface area contributed by atoms with Gasteiger partial charge in [0.25, 0.3) is 0 Å². The maximum atomic E-state index is 12.3. The van der Waals surface area contributed by atoms with Crippen molar-refractivity contribution in [3.8, 4) is 5.75 Å². The van der Waals surface area contributed by atoms with E-state index in [-0.39, 0.29) is 5.75 Å². The zero-order valence-electron chi connectivity index (χ0n) is 16.6. The Kier molecular flexibility index (Phi) is 6.93. The molecule has 2 aromatic rings. The lowest BCUT2D eigenvalue weighted by Gasteiger charge is -2.36. The molecule has 6 nitrogen and oxygen atoms in total. The van der Waals surface area contributed by atoms with Crippen molar-refractivity contribution in [3.63, 3.8) is 0 Å². The molecule has 0 unspecified atom stereocenters. The summed E-state index contributed by atoms with van der Waals surface area (Å²) in [5.74, 6) is 0.889. The van der Waals surface area contributed by atoms with E-state index < -0.39 is 10.0 Å². The van der Waals surface area contributed by atoms with Crippen LogP contribution in [0.5, 0.6) is 5.75 Å². The molecule has 0 amide bonds. The second-order valence-corrected chi connectivity index (χ2v) is 8.98. The summed E-state index contributed by atoms with van der Waals surface area (Å²) >= 11 is 0. The summed E-state index contributed by atoms with van der Waals surface area (Å²) in [5, 5.41) is 0. The Morgan fingerprint density at radius 3 is 2.39 bits per heavy atom. The van der Waals surface area contributed by atoms with Gasteiger partial charge in [-0.05, 0) is 36.8 Å². The number of aryl methyl sites for hydroxylation is 1. The van der Waals surface area contributed by atoms with Gasteiger partial charge in [-0.25, -0.2) is 13.1 Å². The van der Waals surface area contributed by atoms with Crippen LogP contribution in [-0.2, 0) is 15.8 Å². The Morgan fingerprint density at radius 1 is 1.04 bits per heavy atom. The van der Waals surface area contributed by atoms with Gasteiger partial charge in [-0.3, -0.25) is 4.90 Å². The van der Waals surface area contributed by atoms with E-state index in [0.717, 1.165) is 49.6 Å². The summed E-state index contributed by atoms with van der Waals surface area (Å²) in [4.78, 5) is 4.65. The molecule has 1 aliphatic rings. The number of rotatable bonds is 8. The topological polar surface area (TPSA) is 61.9 Å². The Labute approximate surface area is 168 Å². The second-order valence-electron chi connectivity index (χ2n) is 7.17. The molecule has 0 atom stereocenters.